The lowest BCUT2D eigenvalue weighted by atomic mass is 9.97. The van der Waals surface area contributed by atoms with Gasteiger partial charge in [-0.3, -0.25) is 4.79 Å². The number of rotatable bonds is 4. The highest BCUT2D eigenvalue weighted by molar-refractivity contribution is 7.97. The molecular weight excluding hydrogens is 316 g/mol. The largest absolute Gasteiger partial charge is 0.352 e. The summed E-state index contributed by atoms with van der Waals surface area (Å²) in [5.41, 5.74) is 0.751. The maximum Gasteiger partial charge on any atom is 0.251 e. The normalized spacial score (nSPS) is 16.5. The van der Waals surface area contributed by atoms with E-state index in [0.29, 0.717) is 17.1 Å². The monoisotopic (exact) mass is 340 g/mol. The van der Waals surface area contributed by atoms with Crippen LogP contribution < -0.4 is 5.32 Å². The summed E-state index contributed by atoms with van der Waals surface area (Å²) < 4.78 is 2.33. The van der Waals surface area contributed by atoms with Crippen LogP contribution in [0.1, 0.15) is 50.4 Å². The van der Waals surface area contributed by atoms with Crippen LogP contribution in [0.4, 0.5) is 0 Å². The molecule has 5 heteroatoms. The minimum Gasteiger partial charge on any atom is -0.352 e. The van der Waals surface area contributed by atoms with Gasteiger partial charge in [0.15, 0.2) is 0 Å². The lowest BCUT2D eigenvalue weighted by Gasteiger charge is -2.25. The van der Waals surface area contributed by atoms with Gasteiger partial charge in [0, 0.05) is 30.1 Å². The van der Waals surface area contributed by atoms with E-state index in [1.807, 2.05) is 12.1 Å². The Balaban J connectivity index is 2.03. The van der Waals surface area contributed by atoms with Crippen molar-refractivity contribution in [1.29, 1.82) is 0 Å². The van der Waals surface area contributed by atoms with Gasteiger partial charge in [-0.25, -0.2) is 4.31 Å². The van der Waals surface area contributed by atoms with Crippen molar-refractivity contribution in [2.75, 3.05) is 19.6 Å². The van der Waals surface area contributed by atoms with E-state index in [0.717, 1.165) is 18.0 Å². The molecule has 1 aliphatic rings. The van der Waals surface area contributed by atoms with Gasteiger partial charge >= 0.3 is 0 Å². The Morgan fingerprint density at radius 3 is 2.59 bits per heavy atom. The summed E-state index contributed by atoms with van der Waals surface area (Å²) in [4.78, 5) is 13.2. The molecule has 1 fully saturated rings. The van der Waals surface area contributed by atoms with Crippen molar-refractivity contribution in [3.05, 3.63) is 28.8 Å². The lowest BCUT2D eigenvalue weighted by molar-refractivity contribution is 0.0939. The molecule has 1 N–H and O–H groups in total. The Morgan fingerprint density at radius 2 is 1.95 bits per heavy atom. The van der Waals surface area contributed by atoms with Crippen LogP contribution >= 0.6 is 23.5 Å². The number of nitrogens with zero attached hydrogens (tertiary/aromatic N) is 1. The molecule has 1 heterocycles. The lowest BCUT2D eigenvalue weighted by Crippen LogP contribution is -2.32. The van der Waals surface area contributed by atoms with Gasteiger partial charge in [-0.1, -0.05) is 38.8 Å². The summed E-state index contributed by atoms with van der Waals surface area (Å²) in [6.07, 6.45) is 3.77. The number of benzene rings is 1. The van der Waals surface area contributed by atoms with Crippen LogP contribution in [0.25, 0.3) is 0 Å². The molecule has 0 aromatic heterocycles. The molecule has 1 saturated heterocycles. The average molecular weight is 341 g/mol. The van der Waals surface area contributed by atoms with Crippen LogP contribution in [0, 0.1) is 5.41 Å². The topological polar surface area (TPSA) is 32.3 Å². The first-order chi connectivity index (χ1) is 10.3. The van der Waals surface area contributed by atoms with Crippen molar-refractivity contribution < 1.29 is 4.79 Å². The highest BCUT2D eigenvalue weighted by atomic mass is 35.5. The van der Waals surface area contributed by atoms with E-state index < -0.39 is 0 Å². The summed E-state index contributed by atoms with van der Waals surface area (Å²) in [5.74, 6) is -0.0351. The quantitative estimate of drug-likeness (QED) is 0.812. The summed E-state index contributed by atoms with van der Waals surface area (Å²) in [6.45, 7) is 9.14. The van der Waals surface area contributed by atoms with E-state index in [2.05, 4.69) is 30.4 Å². The van der Waals surface area contributed by atoms with Gasteiger partial charge in [-0.15, -0.1) is 0 Å². The molecule has 0 saturated carbocycles. The van der Waals surface area contributed by atoms with Crippen LogP contribution in [-0.2, 0) is 0 Å². The second-order valence-corrected chi connectivity index (χ2v) is 8.52. The molecule has 1 amide bonds. The van der Waals surface area contributed by atoms with Gasteiger partial charge in [-0.05, 0) is 48.4 Å². The fourth-order valence-corrected chi connectivity index (χ4v) is 3.53. The van der Waals surface area contributed by atoms with Crippen LogP contribution in [-0.4, -0.2) is 29.8 Å². The summed E-state index contributed by atoms with van der Waals surface area (Å²) in [7, 11) is 0. The van der Waals surface area contributed by atoms with Crippen molar-refractivity contribution in [3.63, 3.8) is 0 Å². The number of nitrogens with one attached hydrogen (secondary N) is 1. The molecule has 2 rings (SSSR count). The molecule has 0 aliphatic carbocycles. The highest BCUT2D eigenvalue weighted by Crippen LogP contribution is 2.32. The van der Waals surface area contributed by atoms with E-state index in [4.69, 9.17) is 11.6 Å². The molecule has 0 atom stereocenters. The van der Waals surface area contributed by atoms with Crippen molar-refractivity contribution in [3.8, 4) is 0 Å². The van der Waals surface area contributed by atoms with Gasteiger partial charge in [-0.2, -0.15) is 0 Å². The van der Waals surface area contributed by atoms with Gasteiger partial charge in [0.05, 0.1) is 5.02 Å². The predicted octanol–water partition coefficient (Wildman–Crippen LogP) is 4.61. The maximum absolute atomic E-state index is 12.3. The zero-order valence-electron chi connectivity index (χ0n) is 13.6. The SMILES string of the molecule is CC(C)(C)CNC(=O)c1ccc(Cl)c(SN2CCCCC2)c1. The zero-order chi connectivity index (χ0) is 16.2. The third kappa shape index (κ3) is 5.49. The number of carbonyl (C=O) groups is 1. The highest BCUT2D eigenvalue weighted by Gasteiger charge is 2.16. The van der Waals surface area contributed by atoms with E-state index in [1.54, 1.807) is 18.0 Å². The average Bonchev–Trinajstić information content (AvgIpc) is 2.47. The maximum atomic E-state index is 12.3. The first-order valence-electron chi connectivity index (χ1n) is 7.86. The second kappa shape index (κ2) is 7.71. The number of amides is 1. The molecule has 1 aromatic rings. The molecule has 0 spiro atoms. The minimum atomic E-state index is -0.0351. The number of hydrogen-bond donors (Lipinski definition) is 1. The molecule has 0 unspecified atom stereocenters. The number of carbonyl (C=O) groups excluding carboxylic acids is 1. The second-order valence-electron chi connectivity index (χ2n) is 6.97. The smallest absolute Gasteiger partial charge is 0.251 e. The molecule has 1 aliphatic heterocycles. The molecule has 3 nitrogen and oxygen atoms in total. The minimum absolute atomic E-state index is 0.0351. The van der Waals surface area contributed by atoms with Gasteiger partial charge in [0.1, 0.15) is 0 Å². The third-order valence-electron chi connectivity index (χ3n) is 3.52. The number of hydrogen-bond acceptors (Lipinski definition) is 3. The Morgan fingerprint density at radius 1 is 1.27 bits per heavy atom. The van der Waals surface area contributed by atoms with Gasteiger partial charge in [0.2, 0.25) is 0 Å². The van der Waals surface area contributed by atoms with Crippen molar-refractivity contribution in [2.45, 2.75) is 44.9 Å². The Labute approximate surface area is 142 Å². The molecule has 1 aromatic carbocycles. The summed E-state index contributed by atoms with van der Waals surface area (Å²) >= 11 is 7.96. The van der Waals surface area contributed by atoms with Crippen molar-refractivity contribution in [2.24, 2.45) is 5.41 Å². The fourth-order valence-electron chi connectivity index (χ4n) is 2.26. The zero-order valence-corrected chi connectivity index (χ0v) is 15.2. The Hall–Kier alpha value is -0.710. The van der Waals surface area contributed by atoms with Crippen LogP contribution in [0.3, 0.4) is 0 Å². The summed E-state index contributed by atoms with van der Waals surface area (Å²) in [5, 5.41) is 3.70. The standard InChI is InChI=1S/C17H25ClN2OS/c1-17(2,3)12-19-16(21)13-7-8-14(18)15(11-13)22-20-9-5-4-6-10-20/h7-8,11H,4-6,9-10,12H2,1-3H3,(H,19,21). The van der Waals surface area contributed by atoms with E-state index in [-0.39, 0.29) is 11.3 Å². The Bertz CT molecular complexity index is 522. The first kappa shape index (κ1) is 17.6. The Kier molecular flexibility index (Phi) is 6.18. The summed E-state index contributed by atoms with van der Waals surface area (Å²) in [6, 6.07) is 5.51. The van der Waals surface area contributed by atoms with Gasteiger partial charge < -0.3 is 5.32 Å². The molecule has 22 heavy (non-hydrogen) atoms. The number of halogens is 1. The van der Waals surface area contributed by atoms with Crippen LogP contribution in [0.5, 0.6) is 0 Å². The van der Waals surface area contributed by atoms with Crippen LogP contribution in [0.15, 0.2) is 23.1 Å². The van der Waals surface area contributed by atoms with Crippen LogP contribution in [0.2, 0.25) is 5.02 Å². The molecule has 0 radical (unpaired) electrons. The van der Waals surface area contributed by atoms with E-state index in [9.17, 15) is 4.79 Å². The van der Waals surface area contributed by atoms with E-state index in [1.165, 1.54) is 19.3 Å². The first-order valence-corrected chi connectivity index (χ1v) is 9.01. The van der Waals surface area contributed by atoms with Gasteiger partial charge in [0.25, 0.3) is 5.91 Å². The molecule has 122 valence electrons. The third-order valence-corrected chi connectivity index (χ3v) is 5.11. The molecular formula is C17H25ClN2OS. The number of piperidine rings is 1. The van der Waals surface area contributed by atoms with E-state index >= 15 is 0 Å². The fraction of sp³-hybridized carbons (Fsp3) is 0.588. The van der Waals surface area contributed by atoms with Crippen molar-refractivity contribution >= 4 is 29.5 Å². The predicted molar refractivity (Wildman–Crippen MR) is 94.5 cm³/mol. The molecule has 0 bridgehead atoms. The van der Waals surface area contributed by atoms with Crippen molar-refractivity contribution in [1.82, 2.24) is 9.62 Å².